The molecule has 126 valence electrons. The van der Waals surface area contributed by atoms with Crippen LogP contribution in [0.4, 0.5) is 5.69 Å². The number of anilines is 1. The Morgan fingerprint density at radius 1 is 0.958 bits per heavy atom. The minimum absolute atomic E-state index is 0.0382. The van der Waals surface area contributed by atoms with Crippen molar-refractivity contribution < 1.29 is 9.59 Å². The van der Waals surface area contributed by atoms with Crippen molar-refractivity contribution >= 4 is 17.5 Å². The second-order valence-electron chi connectivity index (χ2n) is 6.23. The van der Waals surface area contributed by atoms with E-state index in [2.05, 4.69) is 5.32 Å². The number of nitrogens with zero attached hydrogens (tertiary/aromatic N) is 1. The summed E-state index contributed by atoms with van der Waals surface area (Å²) < 4.78 is 0. The Morgan fingerprint density at radius 3 is 2.17 bits per heavy atom. The normalized spacial score (nSPS) is 10.3. The molecule has 2 rings (SSSR count). The number of carbonyl (C=O) groups excluding carboxylic acids is 2. The molecular formula is C20H24N2O2. The van der Waals surface area contributed by atoms with Gasteiger partial charge in [-0.1, -0.05) is 47.5 Å². The maximum atomic E-state index is 12.3. The van der Waals surface area contributed by atoms with Crippen LogP contribution in [0, 0.1) is 20.8 Å². The highest BCUT2D eigenvalue weighted by molar-refractivity contribution is 5.94. The van der Waals surface area contributed by atoms with E-state index in [1.54, 1.807) is 4.90 Å². The van der Waals surface area contributed by atoms with E-state index in [1.807, 2.05) is 63.2 Å². The maximum absolute atomic E-state index is 12.3. The number of aryl methyl sites for hydroxylation is 3. The van der Waals surface area contributed by atoms with Crippen LogP contribution in [0.1, 0.15) is 29.2 Å². The summed E-state index contributed by atoms with van der Waals surface area (Å²) in [6.45, 7) is 7.93. The highest BCUT2D eigenvalue weighted by Gasteiger charge is 2.15. The van der Waals surface area contributed by atoms with E-state index in [0.29, 0.717) is 6.54 Å². The number of carbonyl (C=O) groups is 2. The van der Waals surface area contributed by atoms with Gasteiger partial charge in [-0.3, -0.25) is 9.59 Å². The Labute approximate surface area is 143 Å². The van der Waals surface area contributed by atoms with Crippen LogP contribution < -0.4 is 5.32 Å². The standard InChI is InChI=1S/C20H24N2O2/c1-14-5-8-18(9-6-14)12-22(17(4)23)13-20(24)21-19-10-7-15(2)11-16(19)3/h5-11H,12-13H2,1-4H3,(H,21,24). The van der Waals surface area contributed by atoms with E-state index in [9.17, 15) is 9.59 Å². The zero-order valence-corrected chi connectivity index (χ0v) is 14.7. The van der Waals surface area contributed by atoms with Crippen LogP contribution in [-0.4, -0.2) is 23.3 Å². The van der Waals surface area contributed by atoms with E-state index >= 15 is 0 Å². The average Bonchev–Trinajstić information content (AvgIpc) is 2.51. The van der Waals surface area contributed by atoms with Crippen LogP contribution in [0.25, 0.3) is 0 Å². The van der Waals surface area contributed by atoms with Gasteiger partial charge in [0.05, 0.1) is 0 Å². The van der Waals surface area contributed by atoms with Gasteiger partial charge in [0, 0.05) is 19.2 Å². The van der Waals surface area contributed by atoms with Crippen molar-refractivity contribution in [3.05, 3.63) is 64.7 Å². The lowest BCUT2D eigenvalue weighted by molar-refractivity contribution is -0.133. The Bertz CT molecular complexity index is 736. The Kier molecular flexibility index (Phi) is 5.74. The van der Waals surface area contributed by atoms with Crippen molar-refractivity contribution in [2.45, 2.75) is 34.2 Å². The van der Waals surface area contributed by atoms with Crippen molar-refractivity contribution in [2.75, 3.05) is 11.9 Å². The molecule has 2 aromatic carbocycles. The first-order valence-electron chi connectivity index (χ1n) is 8.03. The zero-order chi connectivity index (χ0) is 17.7. The Hall–Kier alpha value is -2.62. The molecule has 0 unspecified atom stereocenters. The van der Waals surface area contributed by atoms with Gasteiger partial charge in [0.15, 0.2) is 0 Å². The van der Waals surface area contributed by atoms with Crippen LogP contribution >= 0.6 is 0 Å². The number of hydrogen-bond donors (Lipinski definition) is 1. The van der Waals surface area contributed by atoms with E-state index in [4.69, 9.17) is 0 Å². The molecule has 0 fully saturated rings. The molecule has 0 spiro atoms. The SMILES string of the molecule is CC(=O)N(CC(=O)Nc1ccc(C)cc1C)Cc1ccc(C)cc1. The van der Waals surface area contributed by atoms with Gasteiger partial charge in [0.25, 0.3) is 0 Å². The fraction of sp³-hybridized carbons (Fsp3) is 0.300. The first kappa shape index (κ1) is 17.7. The second kappa shape index (κ2) is 7.77. The summed E-state index contributed by atoms with van der Waals surface area (Å²) in [4.78, 5) is 25.7. The minimum Gasteiger partial charge on any atom is -0.329 e. The summed E-state index contributed by atoms with van der Waals surface area (Å²) in [5.41, 5.74) is 5.12. The molecule has 0 aliphatic carbocycles. The van der Waals surface area contributed by atoms with Gasteiger partial charge in [-0.25, -0.2) is 0 Å². The van der Waals surface area contributed by atoms with Crippen LogP contribution in [0.2, 0.25) is 0 Å². The molecule has 2 amide bonds. The summed E-state index contributed by atoms with van der Waals surface area (Å²) in [5.74, 6) is -0.310. The molecule has 24 heavy (non-hydrogen) atoms. The van der Waals surface area contributed by atoms with E-state index in [0.717, 1.165) is 22.4 Å². The molecule has 4 nitrogen and oxygen atoms in total. The summed E-state index contributed by atoms with van der Waals surface area (Å²) in [7, 11) is 0. The van der Waals surface area contributed by atoms with E-state index in [1.165, 1.54) is 12.5 Å². The van der Waals surface area contributed by atoms with Crippen molar-refractivity contribution in [1.29, 1.82) is 0 Å². The molecule has 1 N–H and O–H groups in total. The highest BCUT2D eigenvalue weighted by Crippen LogP contribution is 2.16. The zero-order valence-electron chi connectivity index (χ0n) is 14.7. The molecule has 0 bridgehead atoms. The topological polar surface area (TPSA) is 49.4 Å². The smallest absolute Gasteiger partial charge is 0.244 e. The molecule has 0 aliphatic heterocycles. The van der Waals surface area contributed by atoms with Crippen LogP contribution in [0.3, 0.4) is 0 Å². The highest BCUT2D eigenvalue weighted by atomic mass is 16.2. The molecule has 0 aromatic heterocycles. The number of nitrogens with one attached hydrogen (secondary N) is 1. The molecule has 0 saturated carbocycles. The first-order chi connectivity index (χ1) is 11.3. The fourth-order valence-electron chi connectivity index (χ4n) is 2.51. The van der Waals surface area contributed by atoms with Gasteiger partial charge in [0.2, 0.25) is 11.8 Å². The maximum Gasteiger partial charge on any atom is 0.244 e. The van der Waals surface area contributed by atoms with E-state index in [-0.39, 0.29) is 18.4 Å². The minimum atomic E-state index is -0.190. The first-order valence-corrected chi connectivity index (χ1v) is 8.03. The summed E-state index contributed by atoms with van der Waals surface area (Å²) >= 11 is 0. The number of benzene rings is 2. The third-order valence-electron chi connectivity index (χ3n) is 3.93. The Balaban J connectivity index is 2.02. The monoisotopic (exact) mass is 324 g/mol. The molecule has 0 heterocycles. The number of hydrogen-bond acceptors (Lipinski definition) is 2. The van der Waals surface area contributed by atoms with Gasteiger partial charge < -0.3 is 10.2 Å². The van der Waals surface area contributed by atoms with Crippen LogP contribution in [-0.2, 0) is 16.1 Å². The predicted molar refractivity (Wildman–Crippen MR) is 96.8 cm³/mol. The average molecular weight is 324 g/mol. The van der Waals surface area contributed by atoms with Crippen molar-refractivity contribution in [1.82, 2.24) is 4.90 Å². The van der Waals surface area contributed by atoms with Gasteiger partial charge in [-0.2, -0.15) is 0 Å². The lowest BCUT2D eigenvalue weighted by Gasteiger charge is -2.21. The largest absolute Gasteiger partial charge is 0.329 e. The predicted octanol–water partition coefficient (Wildman–Crippen LogP) is 3.60. The lowest BCUT2D eigenvalue weighted by atomic mass is 10.1. The van der Waals surface area contributed by atoms with Gasteiger partial charge >= 0.3 is 0 Å². The Morgan fingerprint density at radius 2 is 1.58 bits per heavy atom. The molecule has 0 saturated heterocycles. The molecule has 2 aromatic rings. The number of amides is 2. The van der Waals surface area contributed by atoms with Gasteiger partial charge in [0.1, 0.15) is 6.54 Å². The van der Waals surface area contributed by atoms with Crippen LogP contribution in [0.15, 0.2) is 42.5 Å². The third kappa shape index (κ3) is 4.95. The summed E-state index contributed by atoms with van der Waals surface area (Å²) in [6.07, 6.45) is 0. The summed E-state index contributed by atoms with van der Waals surface area (Å²) in [5, 5.41) is 2.88. The second-order valence-corrected chi connectivity index (χ2v) is 6.23. The molecule has 0 atom stereocenters. The van der Waals surface area contributed by atoms with Crippen molar-refractivity contribution in [2.24, 2.45) is 0 Å². The van der Waals surface area contributed by atoms with Crippen molar-refractivity contribution in [3.63, 3.8) is 0 Å². The quantitative estimate of drug-likeness (QED) is 0.913. The molecule has 4 heteroatoms. The van der Waals surface area contributed by atoms with Gasteiger partial charge in [-0.05, 0) is 38.0 Å². The lowest BCUT2D eigenvalue weighted by Crippen LogP contribution is -2.36. The molecular weight excluding hydrogens is 300 g/mol. The molecule has 0 radical (unpaired) electrons. The third-order valence-corrected chi connectivity index (χ3v) is 3.93. The molecule has 0 aliphatic rings. The van der Waals surface area contributed by atoms with Crippen LogP contribution in [0.5, 0.6) is 0 Å². The summed E-state index contributed by atoms with van der Waals surface area (Å²) in [6, 6.07) is 13.8. The van der Waals surface area contributed by atoms with E-state index < -0.39 is 0 Å². The van der Waals surface area contributed by atoms with Gasteiger partial charge in [-0.15, -0.1) is 0 Å². The van der Waals surface area contributed by atoms with Crippen molar-refractivity contribution in [3.8, 4) is 0 Å². The fourth-order valence-corrected chi connectivity index (χ4v) is 2.51. The number of rotatable bonds is 5.